The second kappa shape index (κ2) is 15.7. The summed E-state index contributed by atoms with van der Waals surface area (Å²) in [6.45, 7) is 22.5. The Balaban J connectivity index is 1.73. The molecule has 1 heterocycles. The van der Waals surface area contributed by atoms with E-state index in [-0.39, 0.29) is 47.9 Å². The van der Waals surface area contributed by atoms with E-state index in [9.17, 15) is 4.79 Å². The molecule has 2 aromatic carbocycles. The number of hydrogen-bond acceptors (Lipinski definition) is 5. The molecule has 0 unspecified atom stereocenters. The van der Waals surface area contributed by atoms with Crippen molar-refractivity contribution in [2.24, 2.45) is 11.3 Å². The van der Waals surface area contributed by atoms with E-state index in [1.807, 2.05) is 68.5 Å². The first kappa shape index (κ1) is 35.2. The lowest BCUT2D eigenvalue weighted by atomic mass is 9.81. The van der Waals surface area contributed by atoms with Crippen molar-refractivity contribution in [2.75, 3.05) is 0 Å². The fourth-order valence-corrected chi connectivity index (χ4v) is 6.72. The molecule has 1 saturated heterocycles. The predicted octanol–water partition coefficient (Wildman–Crippen LogP) is 9.27. The Hall–Kier alpha value is -2.25. The molecular weight excluding hydrogens is 552 g/mol. The number of benzene rings is 2. The highest BCUT2D eigenvalue weighted by Gasteiger charge is 2.43. The van der Waals surface area contributed by atoms with Crippen LogP contribution in [-0.4, -0.2) is 38.7 Å². The average molecular weight is 609 g/mol. The molecule has 0 aromatic heterocycles. The first-order valence-corrected chi connectivity index (χ1v) is 19.0. The first-order valence-electron chi connectivity index (χ1n) is 16.1. The number of carbonyl (C=O) groups is 1. The van der Waals surface area contributed by atoms with Crippen LogP contribution in [0.2, 0.25) is 18.1 Å². The van der Waals surface area contributed by atoms with Gasteiger partial charge in [-0.25, -0.2) is 0 Å². The molecule has 5 atom stereocenters. The van der Waals surface area contributed by atoms with Crippen molar-refractivity contribution in [3.8, 4) is 0 Å². The number of carbonyl (C=O) groups excluding carboxylic acids is 1. The minimum Gasteiger partial charge on any atom is -0.460 e. The zero-order chi connectivity index (χ0) is 31.7. The number of ether oxygens (including phenoxy) is 3. The van der Waals surface area contributed by atoms with Gasteiger partial charge < -0.3 is 18.6 Å². The molecule has 2 aromatic rings. The number of rotatable bonds is 15. The topological polar surface area (TPSA) is 54.0 Å². The van der Waals surface area contributed by atoms with Gasteiger partial charge in [-0.15, -0.1) is 6.58 Å². The molecule has 0 bridgehead atoms. The van der Waals surface area contributed by atoms with Crippen LogP contribution in [-0.2, 0) is 36.6 Å². The van der Waals surface area contributed by atoms with Crippen molar-refractivity contribution in [3.05, 3.63) is 84.4 Å². The van der Waals surface area contributed by atoms with Crippen molar-refractivity contribution in [1.29, 1.82) is 0 Å². The van der Waals surface area contributed by atoms with E-state index in [0.29, 0.717) is 6.61 Å². The van der Waals surface area contributed by atoms with Gasteiger partial charge in [0.05, 0.1) is 36.4 Å². The Labute approximate surface area is 262 Å². The molecule has 3 rings (SSSR count). The Bertz CT molecular complexity index is 1120. The molecule has 5 nitrogen and oxygen atoms in total. The number of hydrogen-bond donors (Lipinski definition) is 0. The second-order valence-corrected chi connectivity index (χ2v) is 19.1. The summed E-state index contributed by atoms with van der Waals surface area (Å²) in [5, 5.41) is 0.104. The minimum atomic E-state index is -2.02. The van der Waals surface area contributed by atoms with Crippen LogP contribution >= 0.6 is 0 Å². The third-order valence-electron chi connectivity index (χ3n) is 9.45. The van der Waals surface area contributed by atoms with Crippen LogP contribution in [0.5, 0.6) is 0 Å². The lowest BCUT2D eigenvalue weighted by molar-refractivity contribution is -0.175. The summed E-state index contributed by atoms with van der Waals surface area (Å²) in [6, 6.07) is 20.1. The molecule has 6 heteroatoms. The summed E-state index contributed by atoms with van der Waals surface area (Å²) in [6.07, 6.45) is 6.03. The van der Waals surface area contributed by atoms with Crippen LogP contribution in [0.4, 0.5) is 0 Å². The summed E-state index contributed by atoms with van der Waals surface area (Å²) in [5.41, 5.74) is 1.38. The Morgan fingerprint density at radius 3 is 2.12 bits per heavy atom. The Morgan fingerprint density at radius 2 is 1.56 bits per heavy atom. The van der Waals surface area contributed by atoms with Crippen LogP contribution in [0.15, 0.2) is 73.3 Å². The number of esters is 1. The SMILES string of the molecule is C=C[C@H](C)[C@@H](C[C@H](C[C@@H]1CCC[C@H](C(C)(C)C(=O)OCc2ccccc2)O1)OCc1ccccc1)O[Si](C)(C)C(C)(C)C. The molecule has 1 fully saturated rings. The van der Waals surface area contributed by atoms with E-state index >= 15 is 0 Å². The average Bonchev–Trinajstić information content (AvgIpc) is 2.98. The highest BCUT2D eigenvalue weighted by Crippen LogP contribution is 2.40. The highest BCUT2D eigenvalue weighted by atomic mass is 28.4. The maximum atomic E-state index is 13.2. The molecule has 0 amide bonds. The van der Waals surface area contributed by atoms with Gasteiger partial charge in [-0.2, -0.15) is 0 Å². The van der Waals surface area contributed by atoms with Crippen LogP contribution < -0.4 is 0 Å². The van der Waals surface area contributed by atoms with Crippen molar-refractivity contribution < 1.29 is 23.4 Å². The lowest BCUT2D eigenvalue weighted by Crippen LogP contribution is -2.47. The van der Waals surface area contributed by atoms with Crippen molar-refractivity contribution >= 4 is 14.3 Å². The summed E-state index contributed by atoms with van der Waals surface area (Å²) < 4.78 is 26.1. The molecule has 0 aliphatic carbocycles. The second-order valence-electron chi connectivity index (χ2n) is 14.4. The van der Waals surface area contributed by atoms with Gasteiger partial charge in [0.15, 0.2) is 8.32 Å². The molecule has 0 spiro atoms. The molecule has 0 saturated carbocycles. The predicted molar refractivity (Wildman–Crippen MR) is 178 cm³/mol. The van der Waals surface area contributed by atoms with E-state index in [1.54, 1.807) is 0 Å². The van der Waals surface area contributed by atoms with Gasteiger partial charge in [0.2, 0.25) is 0 Å². The standard InChI is InChI=1S/C37H56O5Si/c1-10-28(2)33(42-43(8,9)36(3,4)5)25-32(39-26-29-18-13-11-14-19-29)24-31-22-17-23-34(41-31)37(6,7)35(38)40-27-30-20-15-12-16-21-30/h10-16,18-21,28,31-34H,1,17,22-27H2,2-9H3/t28-,31-,32-,33+,34+/m0/s1. The smallest absolute Gasteiger partial charge is 0.314 e. The third kappa shape index (κ3) is 10.4. The van der Waals surface area contributed by atoms with Crippen LogP contribution in [0.1, 0.15) is 84.8 Å². The molecule has 1 aliphatic rings. The maximum absolute atomic E-state index is 13.2. The summed E-state index contributed by atoms with van der Waals surface area (Å²) in [4.78, 5) is 13.2. The Morgan fingerprint density at radius 1 is 0.977 bits per heavy atom. The summed E-state index contributed by atoms with van der Waals surface area (Å²) in [5.74, 6) is -0.0307. The van der Waals surface area contributed by atoms with Crippen molar-refractivity contribution in [3.63, 3.8) is 0 Å². The largest absolute Gasteiger partial charge is 0.460 e. The van der Waals surface area contributed by atoms with Crippen LogP contribution in [0, 0.1) is 11.3 Å². The molecule has 1 aliphatic heterocycles. The van der Waals surface area contributed by atoms with Gasteiger partial charge in [0.1, 0.15) is 6.61 Å². The minimum absolute atomic E-state index is 0.00274. The Kier molecular flexibility index (Phi) is 12.8. The van der Waals surface area contributed by atoms with Crippen molar-refractivity contribution in [2.45, 2.75) is 129 Å². The molecule has 0 radical (unpaired) electrons. The fraction of sp³-hybridized carbons (Fsp3) is 0.595. The van der Waals surface area contributed by atoms with Gasteiger partial charge in [-0.05, 0) is 81.1 Å². The molecule has 238 valence electrons. The summed E-state index contributed by atoms with van der Waals surface area (Å²) in [7, 11) is -2.02. The van der Waals surface area contributed by atoms with Gasteiger partial charge in [-0.3, -0.25) is 4.79 Å². The molecule has 43 heavy (non-hydrogen) atoms. The maximum Gasteiger partial charge on any atom is 0.314 e. The fourth-order valence-electron chi connectivity index (χ4n) is 5.29. The summed E-state index contributed by atoms with van der Waals surface area (Å²) >= 11 is 0. The quantitative estimate of drug-likeness (QED) is 0.115. The third-order valence-corrected chi connectivity index (χ3v) is 14.0. The van der Waals surface area contributed by atoms with Crippen LogP contribution in [0.25, 0.3) is 0 Å². The van der Waals surface area contributed by atoms with Crippen LogP contribution in [0.3, 0.4) is 0 Å². The van der Waals surface area contributed by atoms with Gasteiger partial charge >= 0.3 is 5.97 Å². The van der Waals surface area contributed by atoms with Gasteiger partial charge in [0, 0.05) is 0 Å². The zero-order valence-corrected chi connectivity index (χ0v) is 28.9. The zero-order valence-electron chi connectivity index (χ0n) is 27.9. The van der Waals surface area contributed by atoms with E-state index < -0.39 is 13.7 Å². The molecule has 0 N–H and O–H groups in total. The van der Waals surface area contributed by atoms with E-state index in [0.717, 1.165) is 43.2 Å². The van der Waals surface area contributed by atoms with E-state index in [1.165, 1.54) is 0 Å². The monoisotopic (exact) mass is 608 g/mol. The van der Waals surface area contributed by atoms with Gasteiger partial charge in [-0.1, -0.05) is 94.4 Å². The lowest BCUT2D eigenvalue weighted by Gasteiger charge is -2.42. The first-order chi connectivity index (χ1) is 20.2. The van der Waals surface area contributed by atoms with Crippen molar-refractivity contribution in [1.82, 2.24) is 0 Å². The van der Waals surface area contributed by atoms with E-state index in [2.05, 4.69) is 59.5 Å². The van der Waals surface area contributed by atoms with Gasteiger partial charge in [0.25, 0.3) is 0 Å². The normalized spacial score (nSPS) is 20.2. The van der Waals surface area contributed by atoms with E-state index in [4.69, 9.17) is 18.6 Å². The molecular formula is C37H56O5Si. The highest BCUT2D eigenvalue weighted by molar-refractivity contribution is 6.74.